The van der Waals surface area contributed by atoms with Crippen molar-refractivity contribution >= 4 is 0 Å². The molecule has 0 aromatic heterocycles. The zero-order valence-corrected chi connectivity index (χ0v) is 12.1. The Bertz CT molecular complexity index is 170. The van der Waals surface area contributed by atoms with Crippen LogP contribution in [0.5, 0.6) is 0 Å². The number of hydrogen-bond acceptors (Lipinski definition) is 0. The van der Waals surface area contributed by atoms with Gasteiger partial charge in [0.15, 0.2) is 0 Å². The Morgan fingerprint density at radius 3 is 1.56 bits per heavy atom. The molecule has 96 valence electrons. The van der Waals surface area contributed by atoms with Gasteiger partial charge in [0.05, 0.1) is 0 Å². The van der Waals surface area contributed by atoms with Crippen LogP contribution in [0.1, 0.15) is 91.9 Å². The van der Waals surface area contributed by atoms with Crippen LogP contribution in [0.25, 0.3) is 0 Å². The average molecular weight is 224 g/mol. The van der Waals surface area contributed by atoms with Crippen molar-refractivity contribution in [1.82, 2.24) is 0 Å². The minimum Gasteiger partial charge on any atom is -0.0654 e. The van der Waals surface area contributed by atoms with Crippen LogP contribution < -0.4 is 0 Å². The average Bonchev–Trinajstić information content (AvgIpc) is 2.27. The monoisotopic (exact) mass is 224 g/mol. The lowest BCUT2D eigenvalue weighted by molar-refractivity contribution is 0.0792. The van der Waals surface area contributed by atoms with Gasteiger partial charge in [-0.3, -0.25) is 0 Å². The molecule has 1 aliphatic carbocycles. The second-order valence-electron chi connectivity index (χ2n) is 6.87. The summed E-state index contributed by atoms with van der Waals surface area (Å²) in [5, 5.41) is 0. The van der Waals surface area contributed by atoms with E-state index < -0.39 is 0 Å². The van der Waals surface area contributed by atoms with Crippen molar-refractivity contribution in [1.29, 1.82) is 0 Å². The maximum Gasteiger partial charge on any atom is -0.0297 e. The Morgan fingerprint density at radius 1 is 0.750 bits per heavy atom. The molecule has 0 aliphatic heterocycles. The fourth-order valence-corrected chi connectivity index (χ4v) is 3.19. The number of rotatable bonds is 6. The molecule has 0 heteroatoms. The van der Waals surface area contributed by atoms with Crippen LogP contribution in [0.2, 0.25) is 0 Å². The highest BCUT2D eigenvalue weighted by Crippen LogP contribution is 2.50. The van der Waals surface area contributed by atoms with Gasteiger partial charge in [0.25, 0.3) is 0 Å². The van der Waals surface area contributed by atoms with Crippen LogP contribution >= 0.6 is 0 Å². The smallest absolute Gasteiger partial charge is 0.0297 e. The lowest BCUT2D eigenvalue weighted by atomic mass is 9.61. The van der Waals surface area contributed by atoms with E-state index in [0.29, 0.717) is 5.41 Å². The van der Waals surface area contributed by atoms with Crippen LogP contribution in [0.3, 0.4) is 0 Å². The highest BCUT2D eigenvalue weighted by molar-refractivity contribution is 4.88. The third-order valence-electron chi connectivity index (χ3n) is 4.79. The number of unbranched alkanes of at least 4 members (excludes halogenated alkanes) is 2. The second-order valence-corrected chi connectivity index (χ2v) is 6.87. The van der Waals surface area contributed by atoms with E-state index in [1.165, 1.54) is 64.2 Å². The summed E-state index contributed by atoms with van der Waals surface area (Å²) >= 11 is 0. The summed E-state index contributed by atoms with van der Waals surface area (Å²) in [6, 6.07) is 0. The van der Waals surface area contributed by atoms with E-state index in [1.54, 1.807) is 0 Å². The first-order chi connectivity index (χ1) is 7.54. The summed E-state index contributed by atoms with van der Waals surface area (Å²) in [5.41, 5.74) is 1.36. The largest absolute Gasteiger partial charge is 0.0654 e. The van der Waals surface area contributed by atoms with E-state index in [0.717, 1.165) is 5.41 Å². The predicted octanol–water partition coefficient (Wildman–Crippen LogP) is 5.95. The van der Waals surface area contributed by atoms with Crippen molar-refractivity contribution in [3.63, 3.8) is 0 Å². The lowest BCUT2D eigenvalue weighted by Crippen LogP contribution is -2.31. The second kappa shape index (κ2) is 6.07. The fraction of sp³-hybridized carbons (Fsp3) is 1.00. The minimum atomic E-state index is 0.627. The van der Waals surface area contributed by atoms with Crippen molar-refractivity contribution in [3.8, 4) is 0 Å². The molecule has 1 rings (SSSR count). The molecule has 0 radical (unpaired) electrons. The van der Waals surface area contributed by atoms with Crippen molar-refractivity contribution < 1.29 is 0 Å². The van der Waals surface area contributed by atoms with Crippen LogP contribution in [0, 0.1) is 10.8 Å². The van der Waals surface area contributed by atoms with Gasteiger partial charge in [0, 0.05) is 0 Å². The molecule has 0 N–H and O–H groups in total. The zero-order valence-electron chi connectivity index (χ0n) is 12.1. The van der Waals surface area contributed by atoms with Crippen LogP contribution in [-0.2, 0) is 0 Å². The summed E-state index contributed by atoms with van der Waals surface area (Å²) < 4.78 is 0. The van der Waals surface area contributed by atoms with Crippen LogP contribution in [0.15, 0.2) is 0 Å². The fourth-order valence-electron chi connectivity index (χ4n) is 3.19. The first-order valence-corrected chi connectivity index (χ1v) is 7.54. The van der Waals surface area contributed by atoms with Gasteiger partial charge in [0.1, 0.15) is 0 Å². The molecule has 1 saturated carbocycles. The molecule has 0 nitrogen and oxygen atoms in total. The van der Waals surface area contributed by atoms with Crippen molar-refractivity contribution in [3.05, 3.63) is 0 Å². The van der Waals surface area contributed by atoms with Gasteiger partial charge in [-0.25, -0.2) is 0 Å². The number of hydrogen-bond donors (Lipinski definition) is 0. The molecule has 16 heavy (non-hydrogen) atoms. The Hall–Kier alpha value is 0. The summed E-state index contributed by atoms with van der Waals surface area (Å²) in [5.74, 6) is 0. The van der Waals surface area contributed by atoms with Gasteiger partial charge < -0.3 is 0 Å². The summed E-state index contributed by atoms with van der Waals surface area (Å²) in [6.07, 6.45) is 14.6. The van der Waals surface area contributed by atoms with E-state index >= 15 is 0 Å². The molecule has 1 fully saturated rings. The van der Waals surface area contributed by atoms with E-state index in [1.807, 2.05) is 0 Å². The maximum absolute atomic E-state index is 2.45. The Labute approximate surface area is 103 Å². The van der Waals surface area contributed by atoms with Crippen LogP contribution in [-0.4, -0.2) is 0 Å². The van der Waals surface area contributed by atoms with Gasteiger partial charge in [-0.15, -0.1) is 0 Å². The van der Waals surface area contributed by atoms with E-state index in [-0.39, 0.29) is 0 Å². The highest BCUT2D eigenvalue weighted by Gasteiger charge is 2.36. The topological polar surface area (TPSA) is 0 Å². The third kappa shape index (κ3) is 4.11. The summed E-state index contributed by atoms with van der Waals surface area (Å²) in [6.45, 7) is 9.58. The van der Waals surface area contributed by atoms with Gasteiger partial charge in [-0.05, 0) is 49.4 Å². The van der Waals surface area contributed by atoms with Gasteiger partial charge in [-0.2, -0.15) is 0 Å². The zero-order chi connectivity index (χ0) is 12.1. The molecule has 0 amide bonds. The minimum absolute atomic E-state index is 0.627. The molecule has 0 bridgehead atoms. The SMILES string of the molecule is CCCCC1(CCCC)CCC(C)(C)CC1. The maximum atomic E-state index is 2.45. The molecule has 0 heterocycles. The van der Waals surface area contributed by atoms with E-state index in [4.69, 9.17) is 0 Å². The lowest BCUT2D eigenvalue weighted by Gasteiger charge is -2.44. The first kappa shape index (κ1) is 14.1. The summed E-state index contributed by atoms with van der Waals surface area (Å²) in [4.78, 5) is 0. The Balaban J connectivity index is 2.51. The molecule has 0 aromatic carbocycles. The molecule has 0 saturated heterocycles. The Kier molecular flexibility index (Phi) is 5.34. The highest BCUT2D eigenvalue weighted by atomic mass is 14.4. The molecule has 0 spiro atoms. The first-order valence-electron chi connectivity index (χ1n) is 7.54. The normalized spacial score (nSPS) is 23.2. The quantitative estimate of drug-likeness (QED) is 0.522. The molecular formula is C16H32. The third-order valence-corrected chi connectivity index (χ3v) is 4.79. The molecule has 0 atom stereocenters. The predicted molar refractivity (Wildman–Crippen MR) is 73.7 cm³/mol. The summed E-state index contributed by atoms with van der Waals surface area (Å²) in [7, 11) is 0. The molecule has 1 aliphatic rings. The molecule has 0 aromatic rings. The van der Waals surface area contributed by atoms with Gasteiger partial charge >= 0.3 is 0 Å². The molecule has 0 unspecified atom stereocenters. The Morgan fingerprint density at radius 2 is 1.19 bits per heavy atom. The van der Waals surface area contributed by atoms with E-state index in [2.05, 4.69) is 27.7 Å². The van der Waals surface area contributed by atoms with Crippen molar-refractivity contribution in [2.24, 2.45) is 10.8 Å². The van der Waals surface area contributed by atoms with Gasteiger partial charge in [-0.1, -0.05) is 53.4 Å². The van der Waals surface area contributed by atoms with Crippen molar-refractivity contribution in [2.45, 2.75) is 91.9 Å². The van der Waals surface area contributed by atoms with Crippen molar-refractivity contribution in [2.75, 3.05) is 0 Å². The van der Waals surface area contributed by atoms with Crippen LogP contribution in [0.4, 0.5) is 0 Å². The molecular weight excluding hydrogens is 192 g/mol. The van der Waals surface area contributed by atoms with E-state index in [9.17, 15) is 0 Å². The van der Waals surface area contributed by atoms with Gasteiger partial charge in [0.2, 0.25) is 0 Å². The standard InChI is InChI=1S/C16H32/c1-5-7-9-16(10-8-6-2)13-11-15(3,4)12-14-16/h5-14H2,1-4H3.